The normalized spacial score (nSPS) is 10.8. The molecule has 190 valence electrons. The number of para-hydroxylation sites is 1. The standard InChI is InChI=1S/C30H26FN5O2/c31-24-12-10-21(11-13-24)30(38)34-16-5-15-32-28-19-22(14-17-33-28)27-20-36(25-7-2-1-3-8-25)35-29(27)23-6-4-9-26(37)18-23/h1-4,6-14,17-20,37H,5,15-16H2,(H,32,33)(H,34,38). The number of phenols is 1. The fraction of sp³-hybridized carbons (Fsp3) is 0.100. The number of amides is 1. The molecule has 0 spiro atoms. The van der Waals surface area contributed by atoms with Gasteiger partial charge < -0.3 is 15.7 Å². The minimum Gasteiger partial charge on any atom is -0.508 e. The van der Waals surface area contributed by atoms with Crippen molar-refractivity contribution in [2.45, 2.75) is 6.42 Å². The van der Waals surface area contributed by atoms with Gasteiger partial charge in [0, 0.05) is 42.2 Å². The lowest BCUT2D eigenvalue weighted by atomic mass is 10.0. The van der Waals surface area contributed by atoms with Crippen LogP contribution in [0.5, 0.6) is 5.75 Å². The molecule has 2 heterocycles. The van der Waals surface area contributed by atoms with Gasteiger partial charge in [-0.25, -0.2) is 14.1 Å². The smallest absolute Gasteiger partial charge is 0.251 e. The van der Waals surface area contributed by atoms with Crippen LogP contribution in [0.3, 0.4) is 0 Å². The van der Waals surface area contributed by atoms with Crippen LogP contribution in [0, 0.1) is 5.82 Å². The summed E-state index contributed by atoms with van der Waals surface area (Å²) in [4.78, 5) is 16.6. The Morgan fingerprint density at radius 1 is 0.895 bits per heavy atom. The third kappa shape index (κ3) is 5.87. The van der Waals surface area contributed by atoms with Gasteiger partial charge in [0.05, 0.1) is 5.69 Å². The minimum absolute atomic E-state index is 0.173. The molecular weight excluding hydrogens is 481 g/mol. The van der Waals surface area contributed by atoms with Crippen molar-refractivity contribution in [3.63, 3.8) is 0 Å². The zero-order chi connectivity index (χ0) is 26.3. The predicted octanol–water partition coefficient (Wildman–Crippen LogP) is 5.68. The molecule has 5 aromatic rings. The van der Waals surface area contributed by atoms with Crippen molar-refractivity contribution in [2.24, 2.45) is 0 Å². The third-order valence-electron chi connectivity index (χ3n) is 5.98. The van der Waals surface area contributed by atoms with Crippen LogP contribution in [-0.4, -0.2) is 38.9 Å². The lowest BCUT2D eigenvalue weighted by Crippen LogP contribution is -2.25. The second-order valence-electron chi connectivity index (χ2n) is 8.69. The lowest BCUT2D eigenvalue weighted by molar-refractivity contribution is 0.0953. The molecule has 8 heteroatoms. The summed E-state index contributed by atoms with van der Waals surface area (Å²) in [5.74, 6) is 0.259. The molecule has 38 heavy (non-hydrogen) atoms. The predicted molar refractivity (Wildman–Crippen MR) is 146 cm³/mol. The molecule has 3 N–H and O–H groups in total. The average Bonchev–Trinajstić information content (AvgIpc) is 3.40. The Balaban J connectivity index is 1.29. The number of nitrogens with zero attached hydrogens (tertiary/aromatic N) is 3. The maximum absolute atomic E-state index is 13.0. The van der Waals surface area contributed by atoms with Crippen molar-refractivity contribution in [2.75, 3.05) is 18.4 Å². The van der Waals surface area contributed by atoms with E-state index >= 15 is 0 Å². The monoisotopic (exact) mass is 507 g/mol. The van der Waals surface area contributed by atoms with Crippen LogP contribution < -0.4 is 10.6 Å². The van der Waals surface area contributed by atoms with E-state index in [1.807, 2.05) is 59.4 Å². The number of phenolic OH excluding ortho intramolecular Hbond substituents is 1. The number of aromatic nitrogens is 3. The quantitative estimate of drug-likeness (QED) is 0.223. The molecule has 0 aliphatic rings. The van der Waals surface area contributed by atoms with Gasteiger partial charge in [-0.15, -0.1) is 0 Å². The Bertz CT molecular complexity index is 1530. The molecule has 0 saturated carbocycles. The maximum Gasteiger partial charge on any atom is 0.251 e. The molecule has 2 aromatic heterocycles. The molecular formula is C30H26FN5O2. The number of anilines is 1. The summed E-state index contributed by atoms with van der Waals surface area (Å²) in [5, 5.41) is 21.0. The fourth-order valence-corrected chi connectivity index (χ4v) is 4.07. The van der Waals surface area contributed by atoms with Crippen molar-refractivity contribution >= 4 is 11.7 Å². The lowest BCUT2D eigenvalue weighted by Gasteiger charge is -2.09. The van der Waals surface area contributed by atoms with Crippen LogP contribution in [-0.2, 0) is 0 Å². The van der Waals surface area contributed by atoms with E-state index in [-0.39, 0.29) is 17.5 Å². The van der Waals surface area contributed by atoms with Gasteiger partial charge in [-0.3, -0.25) is 4.79 Å². The van der Waals surface area contributed by atoms with E-state index in [1.54, 1.807) is 24.4 Å². The van der Waals surface area contributed by atoms with Gasteiger partial charge in [-0.2, -0.15) is 5.10 Å². The number of benzene rings is 3. The van der Waals surface area contributed by atoms with Crippen molar-refractivity contribution in [3.8, 4) is 33.8 Å². The van der Waals surface area contributed by atoms with Crippen LogP contribution in [0.15, 0.2) is 103 Å². The van der Waals surface area contributed by atoms with Crippen molar-refractivity contribution < 1.29 is 14.3 Å². The maximum atomic E-state index is 13.0. The number of hydrogen-bond acceptors (Lipinski definition) is 5. The SMILES string of the molecule is O=C(NCCCNc1cc(-c2cn(-c3ccccc3)nc2-c2cccc(O)c2)ccn1)c1ccc(F)cc1. The van der Waals surface area contributed by atoms with E-state index in [1.165, 1.54) is 24.3 Å². The number of halogens is 1. The van der Waals surface area contributed by atoms with E-state index in [0.717, 1.165) is 28.1 Å². The number of rotatable bonds is 9. The summed E-state index contributed by atoms with van der Waals surface area (Å²) < 4.78 is 14.9. The Kier molecular flexibility index (Phi) is 7.40. The Morgan fingerprint density at radius 2 is 1.71 bits per heavy atom. The largest absolute Gasteiger partial charge is 0.508 e. The van der Waals surface area contributed by atoms with Gasteiger partial charge in [0.2, 0.25) is 0 Å². The second kappa shape index (κ2) is 11.4. The number of aromatic hydroxyl groups is 1. The zero-order valence-corrected chi connectivity index (χ0v) is 20.5. The Hall–Kier alpha value is -4.98. The molecule has 0 aliphatic heterocycles. The van der Waals surface area contributed by atoms with E-state index in [0.29, 0.717) is 30.9 Å². The first-order valence-electron chi connectivity index (χ1n) is 12.3. The number of carbonyl (C=O) groups excluding carboxylic acids is 1. The van der Waals surface area contributed by atoms with E-state index in [9.17, 15) is 14.3 Å². The van der Waals surface area contributed by atoms with E-state index in [2.05, 4.69) is 15.6 Å². The molecule has 7 nitrogen and oxygen atoms in total. The third-order valence-corrected chi connectivity index (χ3v) is 5.98. The molecule has 0 aliphatic carbocycles. The fourth-order valence-electron chi connectivity index (χ4n) is 4.07. The summed E-state index contributed by atoms with van der Waals surface area (Å²) in [5.41, 5.74) is 4.72. The first-order chi connectivity index (χ1) is 18.6. The van der Waals surface area contributed by atoms with Gasteiger partial charge >= 0.3 is 0 Å². The Labute approximate surface area is 219 Å². The topological polar surface area (TPSA) is 92.1 Å². The highest BCUT2D eigenvalue weighted by Crippen LogP contribution is 2.34. The van der Waals surface area contributed by atoms with Crippen molar-refractivity contribution in [1.82, 2.24) is 20.1 Å². The van der Waals surface area contributed by atoms with E-state index < -0.39 is 0 Å². The van der Waals surface area contributed by atoms with Crippen LogP contribution >= 0.6 is 0 Å². The van der Waals surface area contributed by atoms with Crippen molar-refractivity contribution in [3.05, 3.63) is 115 Å². The van der Waals surface area contributed by atoms with Crippen molar-refractivity contribution in [1.29, 1.82) is 0 Å². The van der Waals surface area contributed by atoms with Crippen LogP contribution in [0.2, 0.25) is 0 Å². The zero-order valence-electron chi connectivity index (χ0n) is 20.5. The van der Waals surface area contributed by atoms with Crippen LogP contribution in [0.25, 0.3) is 28.1 Å². The number of nitrogens with one attached hydrogen (secondary N) is 2. The summed E-state index contributed by atoms with van der Waals surface area (Å²) in [6, 6.07) is 26.2. The first-order valence-corrected chi connectivity index (χ1v) is 12.3. The molecule has 3 aromatic carbocycles. The van der Waals surface area contributed by atoms with Gasteiger partial charge in [0.1, 0.15) is 23.1 Å². The second-order valence-corrected chi connectivity index (χ2v) is 8.69. The van der Waals surface area contributed by atoms with Crippen LogP contribution in [0.1, 0.15) is 16.8 Å². The molecule has 1 amide bonds. The first kappa shape index (κ1) is 24.7. The average molecular weight is 508 g/mol. The van der Waals surface area contributed by atoms with Gasteiger partial charge in [0.25, 0.3) is 5.91 Å². The highest BCUT2D eigenvalue weighted by atomic mass is 19.1. The molecule has 0 atom stereocenters. The highest BCUT2D eigenvalue weighted by Gasteiger charge is 2.15. The molecule has 5 rings (SSSR count). The van der Waals surface area contributed by atoms with Gasteiger partial charge in [0.15, 0.2) is 0 Å². The van der Waals surface area contributed by atoms with Crippen LogP contribution in [0.4, 0.5) is 10.2 Å². The summed E-state index contributed by atoms with van der Waals surface area (Å²) in [6.45, 7) is 1.07. The summed E-state index contributed by atoms with van der Waals surface area (Å²) in [6.07, 6.45) is 4.39. The number of hydrogen-bond donors (Lipinski definition) is 3. The molecule has 0 fully saturated rings. The van der Waals surface area contributed by atoms with Gasteiger partial charge in [-0.1, -0.05) is 30.3 Å². The highest BCUT2D eigenvalue weighted by molar-refractivity contribution is 5.94. The number of carbonyl (C=O) groups is 1. The van der Waals surface area contributed by atoms with E-state index in [4.69, 9.17) is 5.10 Å². The minimum atomic E-state index is -0.373. The molecule has 0 radical (unpaired) electrons. The Morgan fingerprint density at radius 3 is 2.50 bits per heavy atom. The number of pyridine rings is 1. The van der Waals surface area contributed by atoms with Gasteiger partial charge in [-0.05, 0) is 72.6 Å². The molecule has 0 bridgehead atoms. The summed E-state index contributed by atoms with van der Waals surface area (Å²) >= 11 is 0. The molecule has 0 unspecified atom stereocenters. The summed E-state index contributed by atoms with van der Waals surface area (Å²) in [7, 11) is 0. The molecule has 0 saturated heterocycles.